The Bertz CT molecular complexity index is 243. The molecule has 3 nitrogen and oxygen atoms in total. The van der Waals surface area contributed by atoms with Crippen molar-refractivity contribution in [1.29, 1.82) is 0 Å². The minimum atomic E-state index is -0.0437. The van der Waals surface area contributed by atoms with Gasteiger partial charge in [0, 0.05) is 6.42 Å². The molecule has 0 aliphatic carbocycles. The van der Waals surface area contributed by atoms with E-state index in [2.05, 4.69) is 29.5 Å². The van der Waals surface area contributed by atoms with Crippen molar-refractivity contribution in [3.05, 3.63) is 0 Å². The van der Waals surface area contributed by atoms with E-state index < -0.39 is 0 Å². The zero-order chi connectivity index (χ0) is 17.9. The lowest BCUT2D eigenvalue weighted by molar-refractivity contribution is -0.144. The van der Waals surface area contributed by atoms with E-state index in [0.29, 0.717) is 6.42 Å². The molecule has 23 heavy (non-hydrogen) atoms. The maximum atomic E-state index is 11.3. The van der Waals surface area contributed by atoms with Gasteiger partial charge in [-0.15, -0.1) is 0 Å². The molecule has 0 aromatic rings. The van der Waals surface area contributed by atoms with E-state index in [-0.39, 0.29) is 10.1 Å². The largest absolute Gasteiger partial charge is 0.452 e. The average Bonchev–Trinajstić information content (AvgIpc) is 2.43. The van der Waals surface area contributed by atoms with E-state index >= 15 is 0 Å². The number of hydrogen-bond acceptors (Lipinski definition) is 3. The molecule has 0 aromatic carbocycles. The Morgan fingerprint density at radius 3 is 1.57 bits per heavy atom. The van der Waals surface area contributed by atoms with E-state index in [9.17, 15) is 4.79 Å². The Morgan fingerprint density at radius 2 is 1.22 bits per heavy atom. The normalized spacial score (nSPS) is 11.8. The van der Waals surface area contributed by atoms with Gasteiger partial charge in [0.25, 0.3) is 0 Å². The molecule has 0 amide bonds. The summed E-state index contributed by atoms with van der Waals surface area (Å²) < 4.78 is 5.09. The second-order valence-corrected chi connectivity index (χ2v) is 8.41. The number of carbonyl (C=O) groups excluding carboxylic acids is 1. The van der Waals surface area contributed by atoms with Gasteiger partial charge >= 0.3 is 5.97 Å². The topological polar surface area (TPSA) is 29.5 Å². The minimum absolute atomic E-state index is 0.00203. The minimum Gasteiger partial charge on any atom is -0.452 e. The van der Waals surface area contributed by atoms with Crippen LogP contribution < -0.4 is 0 Å². The fraction of sp³-hybridized carbons (Fsp3) is 0.947. The van der Waals surface area contributed by atoms with Crippen molar-refractivity contribution < 1.29 is 9.53 Å². The number of esters is 1. The van der Waals surface area contributed by atoms with E-state index in [1.807, 2.05) is 33.0 Å². The molecule has 0 saturated carbocycles. The first-order valence-corrected chi connectivity index (χ1v) is 10.6. The van der Waals surface area contributed by atoms with Gasteiger partial charge in [-0.3, -0.25) is 4.79 Å². The van der Waals surface area contributed by atoms with Crippen molar-refractivity contribution in [3.8, 4) is 0 Å². The summed E-state index contributed by atoms with van der Waals surface area (Å²) in [4.78, 5) is 13.3. The lowest BCUT2D eigenvalue weighted by atomic mass is 10.1. The third-order valence-corrected chi connectivity index (χ3v) is 3.53. The van der Waals surface area contributed by atoms with E-state index in [0.717, 1.165) is 6.42 Å². The van der Waals surface area contributed by atoms with Crippen molar-refractivity contribution in [1.82, 2.24) is 4.90 Å². The average molecular weight is 441 g/mol. The SMILES string of the molecule is CCCCCCCCCCCCCC(=O)OC(C)I.CN(C)C. The van der Waals surface area contributed by atoms with Gasteiger partial charge in [-0.05, 0) is 57.1 Å². The summed E-state index contributed by atoms with van der Waals surface area (Å²) in [5.41, 5.74) is 0. The molecule has 0 fully saturated rings. The summed E-state index contributed by atoms with van der Waals surface area (Å²) in [5.74, 6) is -0.0437. The summed E-state index contributed by atoms with van der Waals surface area (Å²) in [6, 6.07) is 0. The monoisotopic (exact) mass is 441 g/mol. The molecule has 1 atom stereocenters. The van der Waals surface area contributed by atoms with Gasteiger partial charge in [0.2, 0.25) is 0 Å². The molecule has 0 N–H and O–H groups in total. The predicted octanol–water partition coefficient (Wildman–Crippen LogP) is 6.19. The fourth-order valence-electron chi connectivity index (χ4n) is 2.17. The maximum Gasteiger partial charge on any atom is 0.306 e. The number of rotatable bonds is 13. The van der Waals surface area contributed by atoms with Crippen molar-refractivity contribution in [2.75, 3.05) is 21.1 Å². The maximum absolute atomic E-state index is 11.3. The summed E-state index contributed by atoms with van der Waals surface area (Å²) in [6.07, 6.45) is 15.0. The first kappa shape index (κ1) is 25.4. The zero-order valence-electron chi connectivity index (χ0n) is 16.2. The van der Waals surface area contributed by atoms with Crippen molar-refractivity contribution in [3.63, 3.8) is 0 Å². The number of carbonyl (C=O) groups is 1. The predicted molar refractivity (Wildman–Crippen MR) is 110 cm³/mol. The third-order valence-electron chi connectivity index (χ3n) is 3.28. The third kappa shape index (κ3) is 30.6. The highest BCUT2D eigenvalue weighted by Crippen LogP contribution is 2.12. The molecule has 0 heterocycles. The molecule has 0 aromatic heterocycles. The van der Waals surface area contributed by atoms with Crippen LogP contribution in [0.2, 0.25) is 0 Å². The van der Waals surface area contributed by atoms with Gasteiger partial charge in [-0.25, -0.2) is 0 Å². The summed E-state index contributed by atoms with van der Waals surface area (Å²) in [7, 11) is 6.00. The summed E-state index contributed by atoms with van der Waals surface area (Å²) in [5, 5.41) is 0. The highest BCUT2D eigenvalue weighted by molar-refractivity contribution is 14.1. The Morgan fingerprint density at radius 1 is 0.870 bits per heavy atom. The number of halogens is 1. The molecule has 0 bridgehead atoms. The molecule has 140 valence electrons. The highest BCUT2D eigenvalue weighted by Gasteiger charge is 2.05. The smallest absolute Gasteiger partial charge is 0.306 e. The van der Waals surface area contributed by atoms with Gasteiger partial charge in [0.15, 0.2) is 0 Å². The van der Waals surface area contributed by atoms with E-state index in [4.69, 9.17) is 4.74 Å². The molecule has 0 aliphatic heterocycles. The van der Waals surface area contributed by atoms with Crippen LogP contribution in [0.5, 0.6) is 0 Å². The standard InChI is InChI=1S/C16H31IO2.C3H9N/c1-3-4-5-6-7-8-9-10-11-12-13-14-16(18)19-15(2)17;1-4(2)3/h15H,3-14H2,1-2H3;1-3H3. The highest BCUT2D eigenvalue weighted by atomic mass is 127. The molecule has 1 unspecified atom stereocenters. The van der Waals surface area contributed by atoms with Gasteiger partial charge in [0.1, 0.15) is 4.11 Å². The van der Waals surface area contributed by atoms with Crippen LogP contribution in [0.15, 0.2) is 0 Å². The van der Waals surface area contributed by atoms with Crippen LogP contribution in [0.25, 0.3) is 0 Å². The second kappa shape index (κ2) is 20.2. The second-order valence-electron chi connectivity index (χ2n) is 6.66. The van der Waals surface area contributed by atoms with Crippen LogP contribution in [0.4, 0.5) is 0 Å². The van der Waals surface area contributed by atoms with Crippen molar-refractivity contribution >= 4 is 28.6 Å². The number of ether oxygens (including phenoxy) is 1. The van der Waals surface area contributed by atoms with Gasteiger partial charge in [-0.1, -0.05) is 71.1 Å². The molecular weight excluding hydrogens is 401 g/mol. The molecule has 0 radical (unpaired) electrons. The van der Waals surface area contributed by atoms with Gasteiger partial charge < -0.3 is 9.64 Å². The molecule has 0 saturated heterocycles. The number of nitrogens with zero attached hydrogens (tertiary/aromatic N) is 1. The lowest BCUT2D eigenvalue weighted by Gasteiger charge is -2.06. The van der Waals surface area contributed by atoms with E-state index in [1.54, 1.807) is 0 Å². The number of unbranched alkanes of at least 4 members (excludes halogenated alkanes) is 10. The van der Waals surface area contributed by atoms with Crippen LogP contribution in [0, 0.1) is 0 Å². The van der Waals surface area contributed by atoms with Crippen LogP contribution in [0.3, 0.4) is 0 Å². The molecule has 0 aliphatic rings. The van der Waals surface area contributed by atoms with Gasteiger partial charge in [0.05, 0.1) is 0 Å². The van der Waals surface area contributed by atoms with Crippen LogP contribution in [-0.2, 0) is 9.53 Å². The summed E-state index contributed by atoms with van der Waals surface area (Å²) >= 11 is 2.11. The number of hydrogen-bond donors (Lipinski definition) is 0. The number of alkyl halides is 1. The fourth-order valence-corrected chi connectivity index (χ4v) is 2.46. The molecule has 4 heteroatoms. The van der Waals surface area contributed by atoms with Crippen LogP contribution >= 0.6 is 22.6 Å². The van der Waals surface area contributed by atoms with Crippen molar-refractivity contribution in [2.45, 2.75) is 95.0 Å². The first-order valence-electron chi connectivity index (χ1n) is 9.34. The van der Waals surface area contributed by atoms with E-state index in [1.165, 1.54) is 64.2 Å². The van der Waals surface area contributed by atoms with Crippen LogP contribution in [0.1, 0.15) is 90.9 Å². The Hall–Kier alpha value is 0.160. The Labute approximate surface area is 159 Å². The van der Waals surface area contributed by atoms with Crippen molar-refractivity contribution in [2.24, 2.45) is 0 Å². The summed E-state index contributed by atoms with van der Waals surface area (Å²) in [6.45, 7) is 4.15. The molecular formula is C19H40INO2. The van der Waals surface area contributed by atoms with Gasteiger partial charge in [-0.2, -0.15) is 0 Å². The Kier molecular flexibility index (Phi) is 22.3. The molecule has 0 rings (SSSR count). The quantitative estimate of drug-likeness (QED) is 0.148. The lowest BCUT2D eigenvalue weighted by Crippen LogP contribution is -2.08. The Balaban J connectivity index is 0. The first-order chi connectivity index (χ1) is 10.9. The van der Waals surface area contributed by atoms with Crippen LogP contribution in [-0.4, -0.2) is 36.1 Å². The zero-order valence-corrected chi connectivity index (χ0v) is 18.4. The molecule has 0 spiro atoms.